The molecule has 0 saturated carbocycles. The number of aliphatic imine (C=N–C) groups is 1. The number of aromatic nitrogens is 2. The largest absolute Gasteiger partial charge is 0.495 e. The maximum atomic E-state index is 11.4. The summed E-state index contributed by atoms with van der Waals surface area (Å²) >= 11 is 0. The van der Waals surface area contributed by atoms with Gasteiger partial charge in [0.2, 0.25) is 5.91 Å². The molecule has 8 heteroatoms. The molecular weight excluding hydrogens is 368 g/mol. The third-order valence-electron chi connectivity index (χ3n) is 4.81. The summed E-state index contributed by atoms with van der Waals surface area (Å²) in [6.07, 6.45) is 0.863. The highest BCUT2D eigenvalue weighted by Gasteiger charge is 2.14. The summed E-state index contributed by atoms with van der Waals surface area (Å²) in [7, 11) is 5.30. The Kier molecular flexibility index (Phi) is 7.64. The number of guanidine groups is 1. The van der Waals surface area contributed by atoms with E-state index in [2.05, 4.69) is 39.9 Å². The molecule has 0 aliphatic heterocycles. The van der Waals surface area contributed by atoms with Crippen LogP contribution in [0.3, 0.4) is 0 Å². The lowest BCUT2D eigenvalue weighted by molar-refractivity contribution is -0.114. The highest BCUT2D eigenvalue weighted by atomic mass is 16.5. The summed E-state index contributed by atoms with van der Waals surface area (Å²) in [5.41, 5.74) is 5.16. The van der Waals surface area contributed by atoms with Gasteiger partial charge < -0.3 is 20.7 Å². The number of carbonyl (C=O) groups is 1. The zero-order valence-electron chi connectivity index (χ0n) is 18.4. The lowest BCUT2D eigenvalue weighted by Crippen LogP contribution is -2.42. The van der Waals surface area contributed by atoms with E-state index in [1.165, 1.54) is 18.2 Å². The molecule has 0 bridgehead atoms. The highest BCUT2D eigenvalue weighted by Crippen LogP contribution is 2.25. The number of carbonyl (C=O) groups excluding carboxylic acids is 1. The number of benzene rings is 1. The Morgan fingerprint density at radius 3 is 2.62 bits per heavy atom. The fourth-order valence-electron chi connectivity index (χ4n) is 3.24. The summed E-state index contributed by atoms with van der Waals surface area (Å²) in [6.45, 7) is 8.29. The lowest BCUT2D eigenvalue weighted by atomic mass is 10.1. The van der Waals surface area contributed by atoms with Crippen LogP contribution in [-0.4, -0.2) is 41.8 Å². The first-order valence-electron chi connectivity index (χ1n) is 9.65. The van der Waals surface area contributed by atoms with Crippen molar-refractivity contribution < 1.29 is 9.53 Å². The molecule has 1 amide bonds. The molecule has 29 heavy (non-hydrogen) atoms. The average Bonchev–Trinajstić information content (AvgIpc) is 2.90. The summed E-state index contributed by atoms with van der Waals surface area (Å²) in [4.78, 5) is 15.7. The number of rotatable bonds is 7. The van der Waals surface area contributed by atoms with Crippen molar-refractivity contribution in [2.75, 3.05) is 19.5 Å². The maximum Gasteiger partial charge on any atom is 0.221 e. The van der Waals surface area contributed by atoms with E-state index in [0.29, 0.717) is 23.9 Å². The van der Waals surface area contributed by atoms with Crippen LogP contribution in [0.5, 0.6) is 5.75 Å². The van der Waals surface area contributed by atoms with Gasteiger partial charge in [-0.1, -0.05) is 6.07 Å². The van der Waals surface area contributed by atoms with Crippen LogP contribution in [0.1, 0.15) is 36.4 Å². The second-order valence-corrected chi connectivity index (χ2v) is 7.16. The molecule has 0 aliphatic rings. The van der Waals surface area contributed by atoms with Gasteiger partial charge in [-0.2, -0.15) is 5.10 Å². The molecule has 0 aliphatic carbocycles. The summed E-state index contributed by atoms with van der Waals surface area (Å²) in [5, 5.41) is 14.0. The van der Waals surface area contributed by atoms with Crippen LogP contribution in [0.4, 0.5) is 5.69 Å². The Morgan fingerprint density at radius 2 is 2.07 bits per heavy atom. The Hall–Kier alpha value is -3.03. The van der Waals surface area contributed by atoms with E-state index in [4.69, 9.17) is 4.74 Å². The molecule has 0 radical (unpaired) electrons. The van der Waals surface area contributed by atoms with Crippen LogP contribution < -0.4 is 20.7 Å². The molecule has 0 saturated heterocycles. The number of amides is 1. The molecule has 0 fully saturated rings. The van der Waals surface area contributed by atoms with Crippen molar-refractivity contribution >= 4 is 17.6 Å². The number of hydrogen-bond acceptors (Lipinski definition) is 4. The van der Waals surface area contributed by atoms with Crippen LogP contribution in [0.25, 0.3) is 0 Å². The highest BCUT2D eigenvalue weighted by molar-refractivity contribution is 5.90. The van der Waals surface area contributed by atoms with Crippen molar-refractivity contribution in [3.8, 4) is 5.75 Å². The van der Waals surface area contributed by atoms with Gasteiger partial charge in [0.05, 0.1) is 18.5 Å². The minimum Gasteiger partial charge on any atom is -0.495 e. The lowest BCUT2D eigenvalue weighted by Gasteiger charge is -2.19. The molecule has 158 valence electrons. The first-order valence-corrected chi connectivity index (χ1v) is 9.65. The molecule has 1 atom stereocenters. The van der Waals surface area contributed by atoms with Crippen LogP contribution in [0.2, 0.25) is 0 Å². The van der Waals surface area contributed by atoms with Crippen molar-refractivity contribution in [2.45, 2.75) is 46.7 Å². The Labute approximate surface area is 172 Å². The van der Waals surface area contributed by atoms with Crippen LogP contribution in [0, 0.1) is 13.8 Å². The van der Waals surface area contributed by atoms with Gasteiger partial charge in [-0.3, -0.25) is 14.5 Å². The van der Waals surface area contributed by atoms with Gasteiger partial charge in [0.15, 0.2) is 5.96 Å². The molecule has 1 unspecified atom stereocenters. The molecule has 1 aromatic carbocycles. The number of methoxy groups -OCH3 is 1. The van der Waals surface area contributed by atoms with Gasteiger partial charge in [0.1, 0.15) is 5.75 Å². The minimum absolute atomic E-state index is 0.138. The summed E-state index contributed by atoms with van der Waals surface area (Å²) in [5.74, 6) is 1.21. The fourth-order valence-corrected chi connectivity index (χ4v) is 3.24. The molecule has 8 nitrogen and oxygen atoms in total. The van der Waals surface area contributed by atoms with Crippen molar-refractivity contribution in [2.24, 2.45) is 12.0 Å². The normalized spacial score (nSPS) is 12.4. The molecular formula is C21H32N6O2. The predicted molar refractivity (Wildman–Crippen MR) is 116 cm³/mol. The quantitative estimate of drug-likeness (QED) is 0.490. The third kappa shape index (κ3) is 5.97. The Bertz CT molecular complexity index is 888. The van der Waals surface area contributed by atoms with E-state index in [-0.39, 0.29) is 11.9 Å². The molecule has 1 aromatic heterocycles. The van der Waals surface area contributed by atoms with Gasteiger partial charge >= 0.3 is 0 Å². The number of nitrogens with one attached hydrogen (secondary N) is 3. The average molecular weight is 401 g/mol. The van der Waals surface area contributed by atoms with E-state index in [1.54, 1.807) is 14.2 Å². The Morgan fingerprint density at radius 1 is 1.34 bits per heavy atom. The standard InChI is InChI=1S/C21H32N6O2/c1-13(10-18-14(2)26-27(6)15(18)3)24-21(22-5)23-12-17-8-9-20(29-7)19(11-17)25-16(4)28/h8-9,11,13H,10,12H2,1-7H3,(H,25,28)(H2,22,23,24). The van der Waals surface area contributed by atoms with Crippen molar-refractivity contribution in [3.63, 3.8) is 0 Å². The smallest absolute Gasteiger partial charge is 0.221 e. The maximum absolute atomic E-state index is 11.4. The number of hydrogen-bond donors (Lipinski definition) is 3. The van der Waals surface area contributed by atoms with E-state index in [1.807, 2.05) is 36.9 Å². The van der Waals surface area contributed by atoms with E-state index >= 15 is 0 Å². The minimum atomic E-state index is -0.138. The van der Waals surface area contributed by atoms with E-state index in [0.717, 1.165) is 17.7 Å². The molecule has 1 heterocycles. The Balaban J connectivity index is 1.99. The number of aryl methyl sites for hydroxylation is 2. The molecule has 3 N–H and O–H groups in total. The van der Waals surface area contributed by atoms with E-state index in [9.17, 15) is 4.79 Å². The van der Waals surface area contributed by atoms with Gasteiger partial charge in [-0.05, 0) is 50.5 Å². The molecule has 2 rings (SSSR count). The van der Waals surface area contributed by atoms with Gasteiger partial charge in [-0.25, -0.2) is 0 Å². The fraction of sp³-hybridized carbons (Fsp3) is 0.476. The second kappa shape index (κ2) is 9.95. The van der Waals surface area contributed by atoms with Crippen molar-refractivity contribution in [3.05, 3.63) is 40.7 Å². The summed E-state index contributed by atoms with van der Waals surface area (Å²) in [6, 6.07) is 5.88. The van der Waals surface area contributed by atoms with Gasteiger partial charge in [-0.15, -0.1) is 0 Å². The second-order valence-electron chi connectivity index (χ2n) is 7.16. The van der Waals surface area contributed by atoms with E-state index < -0.39 is 0 Å². The van der Waals surface area contributed by atoms with Crippen molar-refractivity contribution in [1.29, 1.82) is 0 Å². The number of ether oxygens (including phenoxy) is 1. The number of nitrogens with zero attached hydrogens (tertiary/aromatic N) is 3. The van der Waals surface area contributed by atoms with Crippen LogP contribution in [-0.2, 0) is 24.8 Å². The predicted octanol–water partition coefficient (Wildman–Crippen LogP) is 2.30. The zero-order valence-corrected chi connectivity index (χ0v) is 18.4. The van der Waals surface area contributed by atoms with Crippen LogP contribution in [0.15, 0.2) is 23.2 Å². The van der Waals surface area contributed by atoms with Gasteiger partial charge in [0, 0.05) is 39.3 Å². The summed E-state index contributed by atoms with van der Waals surface area (Å²) < 4.78 is 7.22. The van der Waals surface area contributed by atoms with Crippen LogP contribution >= 0.6 is 0 Å². The molecule has 2 aromatic rings. The zero-order chi connectivity index (χ0) is 21.6. The monoisotopic (exact) mass is 400 g/mol. The number of anilines is 1. The van der Waals surface area contributed by atoms with Gasteiger partial charge in [0.25, 0.3) is 0 Å². The van der Waals surface area contributed by atoms with Crippen molar-refractivity contribution in [1.82, 2.24) is 20.4 Å². The third-order valence-corrected chi connectivity index (χ3v) is 4.81. The topological polar surface area (TPSA) is 92.6 Å². The SMILES string of the molecule is CN=C(NCc1ccc(OC)c(NC(C)=O)c1)NC(C)Cc1c(C)nn(C)c1C. The first kappa shape index (κ1) is 22.3. The first-order chi connectivity index (χ1) is 13.7. The molecule has 0 spiro atoms.